The van der Waals surface area contributed by atoms with Gasteiger partial charge in [0.05, 0.1) is 0 Å². The van der Waals surface area contributed by atoms with Crippen molar-refractivity contribution in [3.05, 3.63) is 23.8 Å². The number of carbonyl (C=O) groups is 1. The molecule has 0 aromatic rings. The van der Waals surface area contributed by atoms with Gasteiger partial charge in [0.15, 0.2) is 5.78 Å². The molecule has 0 aliphatic heterocycles. The number of ketones is 1. The second-order valence-electron chi connectivity index (χ2n) is 7.28. The first-order valence-electron chi connectivity index (χ1n) is 8.17. The minimum Gasteiger partial charge on any atom is -0.294 e. The number of thiol groups is 1. The van der Waals surface area contributed by atoms with E-state index in [9.17, 15) is 4.79 Å². The maximum atomic E-state index is 12.6. The first-order valence-corrected chi connectivity index (χ1v) is 8.80. The maximum Gasteiger partial charge on any atom is 0.163 e. The zero-order valence-electron chi connectivity index (χ0n) is 12.5. The Balaban J connectivity index is 1.61. The van der Waals surface area contributed by atoms with E-state index in [-0.39, 0.29) is 5.41 Å². The van der Waals surface area contributed by atoms with Crippen molar-refractivity contribution in [3.63, 3.8) is 0 Å². The Morgan fingerprint density at radius 2 is 2.05 bits per heavy atom. The van der Waals surface area contributed by atoms with Gasteiger partial charge in [-0.25, -0.2) is 0 Å². The van der Waals surface area contributed by atoms with E-state index < -0.39 is 0 Å². The Labute approximate surface area is 128 Å². The minimum absolute atomic E-state index is 0.259. The van der Waals surface area contributed by atoms with Crippen molar-refractivity contribution in [3.8, 4) is 0 Å². The van der Waals surface area contributed by atoms with Crippen LogP contribution in [0.2, 0.25) is 0 Å². The summed E-state index contributed by atoms with van der Waals surface area (Å²) >= 11 is 4.33. The fourth-order valence-electron chi connectivity index (χ4n) is 4.20. The summed E-state index contributed by atoms with van der Waals surface area (Å²) in [6.45, 7) is 2.31. The summed E-state index contributed by atoms with van der Waals surface area (Å²) in [6, 6.07) is 0. The lowest BCUT2D eigenvalue weighted by atomic mass is 9.72. The third kappa shape index (κ3) is 2.90. The van der Waals surface area contributed by atoms with Crippen LogP contribution in [0.5, 0.6) is 0 Å². The molecule has 3 aliphatic rings. The first-order chi connectivity index (χ1) is 9.63. The molecule has 0 radical (unpaired) electrons. The Morgan fingerprint density at radius 3 is 2.75 bits per heavy atom. The molecule has 3 atom stereocenters. The second kappa shape index (κ2) is 5.71. The molecule has 0 aromatic carbocycles. The molecule has 110 valence electrons. The predicted molar refractivity (Wildman–Crippen MR) is 87.0 cm³/mol. The quantitative estimate of drug-likeness (QED) is 0.733. The van der Waals surface area contributed by atoms with Crippen LogP contribution in [0, 0.1) is 23.2 Å². The molecule has 2 fully saturated rings. The Bertz CT molecular complexity index is 442. The molecule has 0 bridgehead atoms. The van der Waals surface area contributed by atoms with Crippen LogP contribution >= 0.6 is 12.6 Å². The Kier molecular flexibility index (Phi) is 4.12. The predicted octanol–water partition coefficient (Wildman–Crippen LogP) is 4.59. The van der Waals surface area contributed by atoms with Gasteiger partial charge in [-0.3, -0.25) is 4.79 Å². The lowest BCUT2D eigenvalue weighted by Gasteiger charge is -2.33. The number of hydrogen-bond donors (Lipinski definition) is 1. The third-order valence-electron chi connectivity index (χ3n) is 5.59. The lowest BCUT2D eigenvalue weighted by molar-refractivity contribution is -0.117. The van der Waals surface area contributed by atoms with Gasteiger partial charge >= 0.3 is 0 Å². The lowest BCUT2D eigenvalue weighted by Crippen LogP contribution is -2.24. The van der Waals surface area contributed by atoms with E-state index >= 15 is 0 Å². The molecular weight excluding hydrogens is 264 g/mol. The van der Waals surface area contributed by atoms with Crippen molar-refractivity contribution >= 4 is 18.4 Å². The van der Waals surface area contributed by atoms with Crippen LogP contribution in [0.4, 0.5) is 0 Å². The number of rotatable bonds is 5. The standard InChI is InChI=1S/C18H26OS/c1-18(8-3-2-4-9-18)12-17(19)13-5-6-14-15(7-10-20)16(14)11-13/h5-6,11,14-16,20H,2-4,7-10,12H2,1H3. The molecule has 0 aromatic heterocycles. The van der Waals surface area contributed by atoms with Crippen LogP contribution in [0.15, 0.2) is 23.8 Å². The SMILES string of the molecule is CC1(CC(=O)C2=CC3C(C=C2)C3CCS)CCCCC1. The molecule has 0 spiro atoms. The highest BCUT2D eigenvalue weighted by atomic mass is 32.1. The molecular formula is C18H26OS. The van der Waals surface area contributed by atoms with Crippen LogP contribution < -0.4 is 0 Å². The van der Waals surface area contributed by atoms with Gasteiger partial charge in [-0.2, -0.15) is 12.6 Å². The van der Waals surface area contributed by atoms with Crippen LogP contribution in [-0.2, 0) is 4.79 Å². The zero-order chi connectivity index (χ0) is 14.2. The van der Waals surface area contributed by atoms with E-state index in [2.05, 4.69) is 37.8 Å². The van der Waals surface area contributed by atoms with Crippen molar-refractivity contribution in [2.45, 2.75) is 51.9 Å². The molecule has 0 N–H and O–H groups in total. The summed E-state index contributed by atoms with van der Waals surface area (Å²) in [5, 5.41) is 0. The van der Waals surface area contributed by atoms with Crippen molar-refractivity contribution < 1.29 is 4.79 Å². The highest BCUT2D eigenvalue weighted by molar-refractivity contribution is 7.80. The summed E-state index contributed by atoms with van der Waals surface area (Å²) in [5.41, 5.74) is 1.24. The fraction of sp³-hybridized carbons (Fsp3) is 0.722. The van der Waals surface area contributed by atoms with Gasteiger partial charge in [0.2, 0.25) is 0 Å². The van der Waals surface area contributed by atoms with Crippen molar-refractivity contribution in [2.24, 2.45) is 23.2 Å². The van der Waals surface area contributed by atoms with E-state index in [0.29, 0.717) is 17.6 Å². The van der Waals surface area contributed by atoms with Gasteiger partial charge < -0.3 is 0 Å². The molecule has 3 aliphatic carbocycles. The van der Waals surface area contributed by atoms with Crippen LogP contribution in [0.1, 0.15) is 51.9 Å². The van der Waals surface area contributed by atoms with Crippen molar-refractivity contribution in [1.29, 1.82) is 0 Å². The van der Waals surface area contributed by atoms with Crippen LogP contribution in [0.3, 0.4) is 0 Å². The molecule has 2 heteroatoms. The molecule has 2 saturated carbocycles. The summed E-state index contributed by atoms with van der Waals surface area (Å²) in [4.78, 5) is 12.6. The van der Waals surface area contributed by atoms with E-state index in [1.54, 1.807) is 0 Å². The molecule has 0 heterocycles. The number of Topliss-reactive ketones (excluding diaryl/α,β-unsaturated/α-hetero) is 1. The van der Waals surface area contributed by atoms with Gasteiger partial charge in [0.1, 0.15) is 0 Å². The molecule has 3 rings (SSSR count). The summed E-state index contributed by atoms with van der Waals surface area (Å²) in [7, 11) is 0. The smallest absolute Gasteiger partial charge is 0.163 e. The van der Waals surface area contributed by atoms with Gasteiger partial charge in [-0.05, 0) is 48.2 Å². The highest BCUT2D eigenvalue weighted by Gasteiger charge is 2.47. The summed E-state index contributed by atoms with van der Waals surface area (Å²) < 4.78 is 0. The Morgan fingerprint density at radius 1 is 1.30 bits per heavy atom. The number of hydrogen-bond acceptors (Lipinski definition) is 2. The van der Waals surface area contributed by atoms with Gasteiger partial charge in [0, 0.05) is 12.0 Å². The first kappa shape index (κ1) is 14.4. The molecule has 0 amide bonds. The van der Waals surface area contributed by atoms with E-state index in [1.807, 2.05) is 0 Å². The number of allylic oxidation sites excluding steroid dienone is 4. The number of carbonyl (C=O) groups excluding carboxylic acids is 1. The van der Waals surface area contributed by atoms with E-state index in [0.717, 1.165) is 23.7 Å². The van der Waals surface area contributed by atoms with Crippen LogP contribution in [0.25, 0.3) is 0 Å². The minimum atomic E-state index is 0.259. The van der Waals surface area contributed by atoms with E-state index in [4.69, 9.17) is 0 Å². The average Bonchev–Trinajstić information content (AvgIpc) is 3.12. The molecule has 20 heavy (non-hydrogen) atoms. The molecule has 0 saturated heterocycles. The maximum absolute atomic E-state index is 12.6. The fourth-order valence-corrected chi connectivity index (χ4v) is 4.50. The Hall–Kier alpha value is -0.500. The highest BCUT2D eigenvalue weighted by Crippen LogP contribution is 2.53. The van der Waals surface area contributed by atoms with Crippen molar-refractivity contribution in [1.82, 2.24) is 0 Å². The number of fused-ring (bicyclic) bond motifs is 1. The second-order valence-corrected chi connectivity index (χ2v) is 7.73. The van der Waals surface area contributed by atoms with Gasteiger partial charge in [-0.15, -0.1) is 0 Å². The van der Waals surface area contributed by atoms with E-state index in [1.165, 1.54) is 38.5 Å². The summed E-state index contributed by atoms with van der Waals surface area (Å²) in [5.74, 6) is 3.41. The zero-order valence-corrected chi connectivity index (χ0v) is 13.4. The van der Waals surface area contributed by atoms with Gasteiger partial charge in [-0.1, -0.05) is 44.4 Å². The normalized spacial score (nSPS) is 34.3. The average molecular weight is 290 g/mol. The van der Waals surface area contributed by atoms with Crippen molar-refractivity contribution in [2.75, 3.05) is 5.75 Å². The molecule has 1 nitrogen and oxygen atoms in total. The monoisotopic (exact) mass is 290 g/mol. The van der Waals surface area contributed by atoms with Crippen LogP contribution in [-0.4, -0.2) is 11.5 Å². The topological polar surface area (TPSA) is 17.1 Å². The molecule has 3 unspecified atom stereocenters. The third-order valence-corrected chi connectivity index (χ3v) is 5.85. The summed E-state index contributed by atoms with van der Waals surface area (Å²) in [6.07, 6.45) is 14.9. The largest absolute Gasteiger partial charge is 0.294 e. The van der Waals surface area contributed by atoms with Gasteiger partial charge in [0.25, 0.3) is 0 Å².